The molecular weight excluding hydrogens is 246 g/mol. The number of nitrogens with zero attached hydrogens (tertiary/aromatic N) is 1. The predicted molar refractivity (Wildman–Crippen MR) is 69.7 cm³/mol. The third kappa shape index (κ3) is 3.51. The molecule has 0 aliphatic carbocycles. The van der Waals surface area contributed by atoms with E-state index >= 15 is 0 Å². The molecule has 1 aliphatic heterocycles. The zero-order chi connectivity index (χ0) is 13.8. The number of aliphatic carboxylic acids is 1. The van der Waals surface area contributed by atoms with Crippen LogP contribution in [0.2, 0.25) is 0 Å². The van der Waals surface area contributed by atoms with Gasteiger partial charge in [0.15, 0.2) is 0 Å². The minimum atomic E-state index is -0.921. The summed E-state index contributed by atoms with van der Waals surface area (Å²) in [6.45, 7) is 3.59. The summed E-state index contributed by atoms with van der Waals surface area (Å²) in [7, 11) is 0. The fraction of sp³-hybridized carbons (Fsp3) is 0.462. The molecule has 1 fully saturated rings. The number of pyridine rings is 1. The van der Waals surface area contributed by atoms with E-state index < -0.39 is 5.97 Å². The third-order valence-corrected chi connectivity index (χ3v) is 3.28. The third-order valence-electron chi connectivity index (χ3n) is 3.28. The van der Waals surface area contributed by atoms with E-state index in [-0.39, 0.29) is 18.2 Å². The number of carboxylic acids is 1. The van der Waals surface area contributed by atoms with Crippen molar-refractivity contribution in [1.82, 2.24) is 10.3 Å². The smallest absolute Gasteiger partial charge is 0.309 e. The number of aromatic nitrogens is 1. The van der Waals surface area contributed by atoms with Gasteiger partial charge in [-0.2, -0.15) is 0 Å². The summed E-state index contributed by atoms with van der Waals surface area (Å²) in [5.41, 5.74) is 1.07. The van der Waals surface area contributed by atoms with Gasteiger partial charge in [0.1, 0.15) is 0 Å². The number of carboxylic acid groups (broad SMARTS) is 1. The lowest BCUT2D eigenvalue weighted by Crippen LogP contribution is -2.27. The Morgan fingerprint density at radius 3 is 2.79 bits per heavy atom. The Bertz CT molecular complexity index is 473. The zero-order valence-electron chi connectivity index (χ0n) is 10.7. The van der Waals surface area contributed by atoms with Crippen LogP contribution in [0.4, 0.5) is 5.69 Å². The molecule has 0 aromatic carbocycles. The molecule has 1 aliphatic rings. The molecule has 19 heavy (non-hydrogen) atoms. The van der Waals surface area contributed by atoms with Gasteiger partial charge >= 0.3 is 5.97 Å². The molecule has 6 heteroatoms. The first-order chi connectivity index (χ1) is 9.06. The van der Waals surface area contributed by atoms with Gasteiger partial charge in [-0.05, 0) is 24.6 Å². The molecule has 0 bridgehead atoms. The van der Waals surface area contributed by atoms with Gasteiger partial charge < -0.3 is 15.7 Å². The van der Waals surface area contributed by atoms with E-state index in [1.165, 1.54) is 6.20 Å². The molecule has 6 nitrogen and oxygen atoms in total. The minimum absolute atomic E-state index is 0.0229. The lowest BCUT2D eigenvalue weighted by atomic mass is 9.97. The van der Waals surface area contributed by atoms with Gasteiger partial charge in [0.25, 0.3) is 0 Å². The summed E-state index contributed by atoms with van der Waals surface area (Å²) >= 11 is 0. The van der Waals surface area contributed by atoms with Crippen LogP contribution in [0.25, 0.3) is 0 Å². The van der Waals surface area contributed by atoms with E-state index in [2.05, 4.69) is 15.6 Å². The van der Waals surface area contributed by atoms with Gasteiger partial charge in [0.2, 0.25) is 5.91 Å². The fourth-order valence-electron chi connectivity index (χ4n) is 2.15. The molecule has 1 aromatic heterocycles. The SMILES string of the molecule is C[C@@H]1CNC[C@H]1C(=O)Nc1ccc(CC(=O)O)nc1. The molecule has 2 heterocycles. The van der Waals surface area contributed by atoms with Crippen LogP contribution in [0.3, 0.4) is 0 Å². The number of nitrogens with one attached hydrogen (secondary N) is 2. The van der Waals surface area contributed by atoms with Gasteiger partial charge in [-0.3, -0.25) is 14.6 Å². The molecule has 1 amide bonds. The van der Waals surface area contributed by atoms with E-state index in [4.69, 9.17) is 5.11 Å². The number of hydrogen-bond donors (Lipinski definition) is 3. The molecule has 2 atom stereocenters. The van der Waals surface area contributed by atoms with Crippen molar-refractivity contribution >= 4 is 17.6 Å². The van der Waals surface area contributed by atoms with Crippen LogP contribution in [0, 0.1) is 11.8 Å². The maximum atomic E-state index is 12.0. The molecule has 102 valence electrons. The standard InChI is InChI=1S/C13H17N3O3/c1-8-5-14-7-11(8)13(19)16-10-3-2-9(15-6-10)4-12(17)18/h2-3,6,8,11,14H,4-5,7H2,1H3,(H,16,19)(H,17,18)/t8-,11-/m1/s1. The van der Waals surface area contributed by atoms with Crippen LogP contribution in [0.1, 0.15) is 12.6 Å². The second-order valence-electron chi connectivity index (χ2n) is 4.84. The van der Waals surface area contributed by atoms with Gasteiger partial charge in [0, 0.05) is 6.54 Å². The fourth-order valence-corrected chi connectivity index (χ4v) is 2.15. The van der Waals surface area contributed by atoms with Gasteiger partial charge in [0.05, 0.1) is 29.9 Å². The van der Waals surface area contributed by atoms with E-state index in [1.54, 1.807) is 12.1 Å². The topological polar surface area (TPSA) is 91.3 Å². The number of carbonyl (C=O) groups excluding carboxylic acids is 1. The molecule has 0 unspecified atom stereocenters. The van der Waals surface area contributed by atoms with Crippen molar-refractivity contribution in [2.45, 2.75) is 13.3 Å². The summed E-state index contributed by atoms with van der Waals surface area (Å²) in [5.74, 6) is -0.654. The van der Waals surface area contributed by atoms with Gasteiger partial charge in [-0.25, -0.2) is 0 Å². The lowest BCUT2D eigenvalue weighted by molar-refractivity contribution is -0.136. The van der Waals surface area contributed by atoms with Crippen molar-refractivity contribution in [2.24, 2.45) is 11.8 Å². The molecule has 0 saturated carbocycles. The molecule has 0 radical (unpaired) electrons. The number of hydrogen-bond acceptors (Lipinski definition) is 4. The second kappa shape index (κ2) is 5.79. The first kappa shape index (κ1) is 13.5. The van der Waals surface area contributed by atoms with Crippen LogP contribution >= 0.6 is 0 Å². The van der Waals surface area contributed by atoms with E-state index in [0.717, 1.165) is 6.54 Å². The Labute approximate surface area is 111 Å². The van der Waals surface area contributed by atoms with Crippen molar-refractivity contribution in [3.05, 3.63) is 24.0 Å². The minimum Gasteiger partial charge on any atom is -0.481 e. The first-order valence-corrected chi connectivity index (χ1v) is 6.24. The average molecular weight is 263 g/mol. The monoisotopic (exact) mass is 263 g/mol. The van der Waals surface area contributed by atoms with Crippen molar-refractivity contribution in [3.8, 4) is 0 Å². The largest absolute Gasteiger partial charge is 0.481 e. The zero-order valence-corrected chi connectivity index (χ0v) is 10.7. The summed E-state index contributed by atoms with van der Waals surface area (Å²) in [5, 5.41) is 14.6. The Balaban J connectivity index is 1.95. The Morgan fingerprint density at radius 1 is 1.47 bits per heavy atom. The molecule has 2 rings (SSSR count). The summed E-state index contributed by atoms with van der Waals surface area (Å²) < 4.78 is 0. The van der Waals surface area contributed by atoms with Crippen LogP contribution in [-0.4, -0.2) is 35.1 Å². The number of anilines is 1. The van der Waals surface area contributed by atoms with Crippen LogP contribution in [-0.2, 0) is 16.0 Å². The Kier molecular flexibility index (Phi) is 4.11. The predicted octanol–water partition coefficient (Wildman–Crippen LogP) is 0.503. The average Bonchev–Trinajstić information content (AvgIpc) is 2.77. The highest BCUT2D eigenvalue weighted by molar-refractivity contribution is 5.93. The quantitative estimate of drug-likeness (QED) is 0.736. The van der Waals surface area contributed by atoms with Gasteiger partial charge in [-0.15, -0.1) is 0 Å². The molecule has 1 saturated heterocycles. The molecular formula is C13H17N3O3. The lowest BCUT2D eigenvalue weighted by Gasteiger charge is -2.14. The molecule has 1 aromatic rings. The summed E-state index contributed by atoms with van der Waals surface area (Å²) in [6.07, 6.45) is 1.38. The van der Waals surface area contributed by atoms with Crippen LogP contribution < -0.4 is 10.6 Å². The molecule has 3 N–H and O–H groups in total. The molecule has 0 spiro atoms. The van der Waals surface area contributed by atoms with Crippen molar-refractivity contribution < 1.29 is 14.7 Å². The summed E-state index contributed by atoms with van der Waals surface area (Å²) in [6, 6.07) is 3.29. The Hall–Kier alpha value is -1.95. The number of carbonyl (C=O) groups is 2. The van der Waals surface area contributed by atoms with Gasteiger partial charge in [-0.1, -0.05) is 6.92 Å². The highest BCUT2D eigenvalue weighted by Crippen LogP contribution is 2.18. The van der Waals surface area contributed by atoms with Crippen molar-refractivity contribution in [2.75, 3.05) is 18.4 Å². The normalized spacial score (nSPS) is 22.2. The number of rotatable bonds is 4. The maximum Gasteiger partial charge on any atom is 0.309 e. The van der Waals surface area contributed by atoms with Crippen LogP contribution in [0.5, 0.6) is 0 Å². The highest BCUT2D eigenvalue weighted by atomic mass is 16.4. The van der Waals surface area contributed by atoms with E-state index in [1.807, 2.05) is 6.92 Å². The van der Waals surface area contributed by atoms with Crippen molar-refractivity contribution in [3.63, 3.8) is 0 Å². The van der Waals surface area contributed by atoms with Crippen LogP contribution in [0.15, 0.2) is 18.3 Å². The van der Waals surface area contributed by atoms with E-state index in [0.29, 0.717) is 23.8 Å². The maximum absolute atomic E-state index is 12.0. The van der Waals surface area contributed by atoms with E-state index in [9.17, 15) is 9.59 Å². The second-order valence-corrected chi connectivity index (χ2v) is 4.84. The Morgan fingerprint density at radius 2 is 2.26 bits per heavy atom. The number of amides is 1. The highest BCUT2D eigenvalue weighted by Gasteiger charge is 2.29. The summed E-state index contributed by atoms with van der Waals surface area (Å²) in [4.78, 5) is 26.5. The van der Waals surface area contributed by atoms with Crippen molar-refractivity contribution in [1.29, 1.82) is 0 Å². The first-order valence-electron chi connectivity index (χ1n) is 6.24.